The summed E-state index contributed by atoms with van der Waals surface area (Å²) >= 11 is 0. The fourth-order valence-corrected chi connectivity index (χ4v) is 1.24. The monoisotopic (exact) mass is 171 g/mol. The van der Waals surface area contributed by atoms with E-state index in [2.05, 4.69) is 20.8 Å². The third-order valence-corrected chi connectivity index (χ3v) is 2.89. The van der Waals surface area contributed by atoms with E-state index in [9.17, 15) is 4.79 Å². The number of primary amides is 1. The van der Waals surface area contributed by atoms with E-state index in [0.717, 1.165) is 19.3 Å². The minimum Gasteiger partial charge on any atom is -0.369 e. The molecule has 0 fully saturated rings. The van der Waals surface area contributed by atoms with Crippen molar-refractivity contribution in [1.82, 2.24) is 0 Å². The van der Waals surface area contributed by atoms with Crippen LogP contribution in [0.15, 0.2) is 0 Å². The number of rotatable bonds is 5. The average molecular weight is 171 g/mol. The van der Waals surface area contributed by atoms with Gasteiger partial charge in [-0.15, -0.1) is 0 Å². The third kappa shape index (κ3) is 2.50. The van der Waals surface area contributed by atoms with Gasteiger partial charge in [0.05, 0.1) is 0 Å². The molecule has 1 atom stereocenters. The molecule has 1 amide bonds. The zero-order valence-corrected chi connectivity index (χ0v) is 8.68. The highest BCUT2D eigenvalue weighted by Crippen LogP contribution is 2.32. The fourth-order valence-electron chi connectivity index (χ4n) is 1.24. The van der Waals surface area contributed by atoms with Crippen molar-refractivity contribution in [3.8, 4) is 0 Å². The summed E-state index contributed by atoms with van der Waals surface area (Å²) in [6.45, 7) is 8.21. The van der Waals surface area contributed by atoms with Gasteiger partial charge in [0.1, 0.15) is 0 Å². The fraction of sp³-hybridized carbons (Fsp3) is 0.900. The summed E-state index contributed by atoms with van der Waals surface area (Å²) in [7, 11) is 0. The molecule has 0 saturated carbocycles. The Morgan fingerprint density at radius 1 is 1.50 bits per heavy atom. The van der Waals surface area contributed by atoms with Crippen LogP contribution in [-0.4, -0.2) is 5.91 Å². The topological polar surface area (TPSA) is 43.1 Å². The second-order valence-corrected chi connectivity index (χ2v) is 4.04. The molecule has 0 aromatic heterocycles. The van der Waals surface area contributed by atoms with Crippen LogP contribution >= 0.6 is 0 Å². The van der Waals surface area contributed by atoms with Gasteiger partial charge in [-0.05, 0) is 12.3 Å². The quantitative estimate of drug-likeness (QED) is 0.677. The maximum Gasteiger partial charge on any atom is 0.223 e. The number of carbonyl (C=O) groups excluding carboxylic acids is 1. The van der Waals surface area contributed by atoms with Crippen molar-refractivity contribution in [2.24, 2.45) is 17.1 Å². The van der Waals surface area contributed by atoms with Gasteiger partial charge in [0.2, 0.25) is 5.91 Å². The van der Waals surface area contributed by atoms with Crippen molar-refractivity contribution < 1.29 is 4.79 Å². The first-order valence-corrected chi connectivity index (χ1v) is 4.75. The molecule has 2 heteroatoms. The zero-order chi connectivity index (χ0) is 9.78. The van der Waals surface area contributed by atoms with Crippen LogP contribution in [0.1, 0.15) is 47.0 Å². The van der Waals surface area contributed by atoms with Crippen LogP contribution in [-0.2, 0) is 4.79 Å². The minimum atomic E-state index is -0.310. The van der Waals surface area contributed by atoms with Gasteiger partial charge in [-0.25, -0.2) is 0 Å². The number of hydrogen-bond donors (Lipinski definition) is 1. The van der Waals surface area contributed by atoms with Crippen molar-refractivity contribution in [2.45, 2.75) is 47.0 Å². The molecule has 72 valence electrons. The van der Waals surface area contributed by atoms with Crippen LogP contribution in [0.3, 0.4) is 0 Å². The first kappa shape index (κ1) is 11.5. The summed E-state index contributed by atoms with van der Waals surface area (Å²) in [4.78, 5) is 11.2. The lowest BCUT2D eigenvalue weighted by Gasteiger charge is -2.30. The molecule has 0 aliphatic carbocycles. The first-order chi connectivity index (χ1) is 5.45. The lowest BCUT2D eigenvalue weighted by atomic mass is 9.74. The molecule has 0 heterocycles. The molecule has 0 aromatic rings. The number of hydrogen-bond acceptors (Lipinski definition) is 1. The summed E-state index contributed by atoms with van der Waals surface area (Å²) in [5.74, 6) is 0.174. The predicted molar refractivity (Wildman–Crippen MR) is 51.7 cm³/mol. The predicted octanol–water partition coefficient (Wildman–Crippen LogP) is 2.32. The van der Waals surface area contributed by atoms with Crippen LogP contribution in [0.4, 0.5) is 0 Å². The average Bonchev–Trinajstić information content (AvgIpc) is 1.99. The molecule has 0 aliphatic heterocycles. The Labute approximate surface area is 75.5 Å². The number of unbranched alkanes of at least 4 members (excludes halogenated alkanes) is 1. The number of amides is 1. The molecule has 0 spiro atoms. The van der Waals surface area contributed by atoms with Crippen LogP contribution in [0, 0.1) is 11.3 Å². The maximum absolute atomic E-state index is 11.2. The van der Waals surface area contributed by atoms with E-state index < -0.39 is 0 Å². The summed E-state index contributed by atoms with van der Waals surface area (Å²) in [6, 6.07) is 0. The third-order valence-electron chi connectivity index (χ3n) is 2.89. The van der Waals surface area contributed by atoms with Gasteiger partial charge in [0.15, 0.2) is 0 Å². The van der Waals surface area contributed by atoms with E-state index in [1.54, 1.807) is 0 Å². The highest BCUT2D eigenvalue weighted by atomic mass is 16.1. The second-order valence-electron chi connectivity index (χ2n) is 4.04. The van der Waals surface area contributed by atoms with Crippen LogP contribution in [0.5, 0.6) is 0 Å². The van der Waals surface area contributed by atoms with E-state index in [-0.39, 0.29) is 11.3 Å². The standard InChI is InChI=1S/C10H21NO/c1-5-6-7-10(4,8(2)3)9(11)12/h8H,5-7H2,1-4H3,(H2,11,12). The van der Waals surface area contributed by atoms with Crippen LogP contribution in [0.25, 0.3) is 0 Å². The largest absolute Gasteiger partial charge is 0.369 e. The molecule has 0 rings (SSSR count). The normalized spacial score (nSPS) is 16.1. The maximum atomic E-state index is 11.2. The molecule has 0 saturated heterocycles. The highest BCUT2D eigenvalue weighted by molar-refractivity contribution is 5.80. The minimum absolute atomic E-state index is 0.161. The van der Waals surface area contributed by atoms with E-state index in [0.29, 0.717) is 5.92 Å². The molecule has 2 nitrogen and oxygen atoms in total. The second kappa shape index (κ2) is 4.48. The molecular weight excluding hydrogens is 150 g/mol. The van der Waals surface area contributed by atoms with Gasteiger partial charge in [0.25, 0.3) is 0 Å². The zero-order valence-electron chi connectivity index (χ0n) is 8.68. The van der Waals surface area contributed by atoms with Crippen molar-refractivity contribution in [1.29, 1.82) is 0 Å². The van der Waals surface area contributed by atoms with Gasteiger partial charge < -0.3 is 5.73 Å². The summed E-state index contributed by atoms with van der Waals surface area (Å²) in [5.41, 5.74) is 5.06. The molecule has 12 heavy (non-hydrogen) atoms. The van der Waals surface area contributed by atoms with Crippen molar-refractivity contribution in [3.05, 3.63) is 0 Å². The smallest absolute Gasteiger partial charge is 0.223 e. The Morgan fingerprint density at radius 3 is 2.25 bits per heavy atom. The Kier molecular flexibility index (Phi) is 4.29. The molecule has 0 aliphatic rings. The van der Waals surface area contributed by atoms with Gasteiger partial charge >= 0.3 is 0 Å². The SMILES string of the molecule is CCCCC(C)(C(N)=O)C(C)C. The Morgan fingerprint density at radius 2 is 2.00 bits per heavy atom. The van der Waals surface area contributed by atoms with Gasteiger partial charge in [-0.2, -0.15) is 0 Å². The van der Waals surface area contributed by atoms with Gasteiger partial charge in [-0.3, -0.25) is 4.79 Å². The van der Waals surface area contributed by atoms with Crippen molar-refractivity contribution in [2.75, 3.05) is 0 Å². The van der Waals surface area contributed by atoms with Crippen molar-refractivity contribution >= 4 is 5.91 Å². The molecular formula is C10H21NO. The molecule has 2 N–H and O–H groups in total. The molecule has 0 aromatic carbocycles. The summed E-state index contributed by atoms with van der Waals surface area (Å²) in [5, 5.41) is 0. The van der Waals surface area contributed by atoms with Crippen molar-refractivity contribution in [3.63, 3.8) is 0 Å². The van der Waals surface area contributed by atoms with Gasteiger partial charge in [-0.1, -0.05) is 40.5 Å². The number of nitrogens with two attached hydrogens (primary N) is 1. The lowest BCUT2D eigenvalue weighted by molar-refractivity contribution is -0.129. The van der Waals surface area contributed by atoms with E-state index in [1.807, 2.05) is 6.92 Å². The summed E-state index contributed by atoms with van der Waals surface area (Å²) < 4.78 is 0. The lowest BCUT2D eigenvalue weighted by Crippen LogP contribution is -2.38. The Hall–Kier alpha value is -0.530. The summed E-state index contributed by atoms with van der Waals surface area (Å²) in [6.07, 6.45) is 3.11. The molecule has 0 bridgehead atoms. The van der Waals surface area contributed by atoms with Gasteiger partial charge in [0, 0.05) is 5.41 Å². The van der Waals surface area contributed by atoms with E-state index >= 15 is 0 Å². The number of carbonyl (C=O) groups is 1. The Balaban J connectivity index is 4.29. The molecule has 1 unspecified atom stereocenters. The van der Waals surface area contributed by atoms with E-state index in [1.165, 1.54) is 0 Å². The van der Waals surface area contributed by atoms with Crippen LogP contribution < -0.4 is 5.73 Å². The highest BCUT2D eigenvalue weighted by Gasteiger charge is 2.33. The van der Waals surface area contributed by atoms with Crippen LogP contribution in [0.2, 0.25) is 0 Å². The Bertz CT molecular complexity index is 154. The molecule has 0 radical (unpaired) electrons. The first-order valence-electron chi connectivity index (χ1n) is 4.75. The van der Waals surface area contributed by atoms with E-state index in [4.69, 9.17) is 5.73 Å².